The van der Waals surface area contributed by atoms with Crippen molar-refractivity contribution < 1.29 is 0 Å². The molecule has 1 aliphatic heterocycles. The third-order valence-corrected chi connectivity index (χ3v) is 2.96. The van der Waals surface area contributed by atoms with Gasteiger partial charge in [0.2, 0.25) is 0 Å². The molecule has 0 saturated heterocycles. The smallest absolute Gasteiger partial charge is 0.0952 e. The number of rotatable bonds is 5. The molecule has 0 radical (unpaired) electrons. The lowest BCUT2D eigenvalue weighted by molar-refractivity contribution is 0.569. The third kappa shape index (κ3) is 3.71. The number of allylic oxidation sites excluding steroid dienone is 2. The molecule has 0 aromatic carbocycles. The molecule has 0 aliphatic carbocycles. The lowest BCUT2D eigenvalue weighted by atomic mass is 10.1. The summed E-state index contributed by atoms with van der Waals surface area (Å²) in [6.45, 7) is 5.73. The van der Waals surface area contributed by atoms with E-state index in [1.807, 2.05) is 41.5 Å². The summed E-state index contributed by atoms with van der Waals surface area (Å²) in [7, 11) is 0. The Morgan fingerprint density at radius 3 is 3.00 bits per heavy atom. The van der Waals surface area contributed by atoms with Crippen molar-refractivity contribution in [2.24, 2.45) is 10.7 Å². The molecule has 0 atom stereocenters. The van der Waals surface area contributed by atoms with Gasteiger partial charge in [0.25, 0.3) is 0 Å². The van der Waals surface area contributed by atoms with Gasteiger partial charge in [0.1, 0.15) is 0 Å². The second-order valence-electron chi connectivity index (χ2n) is 4.83. The highest BCUT2D eigenvalue weighted by Gasteiger charge is 2.13. The van der Waals surface area contributed by atoms with E-state index in [0.29, 0.717) is 0 Å². The van der Waals surface area contributed by atoms with Gasteiger partial charge < -0.3 is 15.2 Å². The molecular formula is C14H21N5. The van der Waals surface area contributed by atoms with E-state index in [9.17, 15) is 0 Å². The van der Waals surface area contributed by atoms with Gasteiger partial charge in [-0.1, -0.05) is 13.3 Å². The first-order valence-electron chi connectivity index (χ1n) is 6.59. The molecule has 1 aliphatic rings. The minimum Gasteiger partial charge on any atom is -0.401 e. The predicted octanol–water partition coefficient (Wildman–Crippen LogP) is 2.10. The van der Waals surface area contributed by atoms with Crippen molar-refractivity contribution in [1.82, 2.24) is 14.5 Å². The van der Waals surface area contributed by atoms with E-state index in [1.54, 1.807) is 6.20 Å². The summed E-state index contributed by atoms with van der Waals surface area (Å²) in [6.07, 6.45) is 11.5. The average Bonchev–Trinajstić information content (AvgIpc) is 2.85. The van der Waals surface area contributed by atoms with Gasteiger partial charge in [0.15, 0.2) is 0 Å². The second kappa shape index (κ2) is 6.22. The highest BCUT2D eigenvalue weighted by Crippen LogP contribution is 2.19. The summed E-state index contributed by atoms with van der Waals surface area (Å²) in [5.41, 5.74) is 9.02. The van der Waals surface area contributed by atoms with Crippen molar-refractivity contribution in [3.05, 3.63) is 41.9 Å². The molecule has 102 valence electrons. The monoisotopic (exact) mass is 259 g/mol. The highest BCUT2D eigenvalue weighted by molar-refractivity contribution is 5.61. The number of aromatic nitrogens is 2. The topological polar surface area (TPSA) is 59.4 Å². The zero-order valence-corrected chi connectivity index (χ0v) is 11.6. The highest BCUT2D eigenvalue weighted by atomic mass is 15.2. The number of nitrogens with zero attached hydrogens (tertiary/aromatic N) is 4. The molecule has 0 saturated carbocycles. The fraction of sp³-hybridized carbons (Fsp3) is 0.429. The van der Waals surface area contributed by atoms with Crippen molar-refractivity contribution >= 4 is 6.34 Å². The van der Waals surface area contributed by atoms with Crippen molar-refractivity contribution in [1.29, 1.82) is 0 Å². The van der Waals surface area contributed by atoms with Crippen molar-refractivity contribution in [3.8, 4) is 0 Å². The summed E-state index contributed by atoms with van der Waals surface area (Å²) in [5.74, 6) is 0. The lowest BCUT2D eigenvalue weighted by Crippen LogP contribution is -2.25. The van der Waals surface area contributed by atoms with E-state index in [-0.39, 0.29) is 0 Å². The van der Waals surface area contributed by atoms with E-state index in [0.717, 1.165) is 37.3 Å². The molecule has 2 heterocycles. The van der Waals surface area contributed by atoms with E-state index < -0.39 is 0 Å². The molecule has 0 bridgehead atoms. The van der Waals surface area contributed by atoms with Crippen LogP contribution in [0.1, 0.15) is 26.7 Å². The molecule has 2 N–H and O–H groups in total. The Hall–Kier alpha value is -2.04. The largest absolute Gasteiger partial charge is 0.401 e. The third-order valence-electron chi connectivity index (χ3n) is 2.96. The molecule has 19 heavy (non-hydrogen) atoms. The normalized spacial score (nSPS) is 16.3. The number of imidazole rings is 1. The molecule has 1 aromatic heterocycles. The summed E-state index contributed by atoms with van der Waals surface area (Å²) >= 11 is 0. The maximum atomic E-state index is 5.72. The summed E-state index contributed by atoms with van der Waals surface area (Å²) in [5, 5.41) is 0. The van der Waals surface area contributed by atoms with Gasteiger partial charge in [0.05, 0.1) is 24.9 Å². The number of aliphatic imine (C=N–C) groups is 1. The standard InChI is InChI=1S/C14H21N5/c1-3-4-13-8-19(7-12(2)15)11-17-14(13)9-18-6-5-16-10-18/h5-7,10-11H,3-4,8-9,15H2,1-2H3/b12-7-. The molecule has 5 nitrogen and oxygen atoms in total. The van der Waals surface area contributed by atoms with Crippen LogP contribution in [0.25, 0.3) is 0 Å². The first kappa shape index (κ1) is 13.4. The Bertz CT molecular complexity index is 492. The Labute approximate surface area is 114 Å². The van der Waals surface area contributed by atoms with Crippen LogP contribution in [-0.4, -0.2) is 27.3 Å². The molecule has 2 rings (SSSR count). The summed E-state index contributed by atoms with van der Waals surface area (Å²) < 4.78 is 2.04. The lowest BCUT2D eigenvalue weighted by Gasteiger charge is -2.24. The molecular weight excluding hydrogens is 238 g/mol. The predicted molar refractivity (Wildman–Crippen MR) is 77.3 cm³/mol. The number of nitrogens with two attached hydrogens (primary N) is 1. The van der Waals surface area contributed by atoms with Crippen LogP contribution in [-0.2, 0) is 6.54 Å². The Morgan fingerprint density at radius 1 is 1.53 bits per heavy atom. The van der Waals surface area contributed by atoms with Gasteiger partial charge >= 0.3 is 0 Å². The zero-order valence-electron chi connectivity index (χ0n) is 11.6. The number of hydrogen-bond donors (Lipinski definition) is 1. The SMILES string of the molecule is CCCC1=C(Cn2ccnc2)N=CN(/C=C(/C)N)C1. The molecule has 5 heteroatoms. The van der Waals surface area contributed by atoms with Crippen molar-refractivity contribution in [2.75, 3.05) is 6.54 Å². The molecule has 0 unspecified atom stereocenters. The summed E-state index contributed by atoms with van der Waals surface area (Å²) in [6, 6.07) is 0. The van der Waals surface area contributed by atoms with E-state index in [4.69, 9.17) is 5.73 Å². The van der Waals surface area contributed by atoms with Crippen LogP contribution in [0.5, 0.6) is 0 Å². The van der Waals surface area contributed by atoms with Crippen LogP contribution in [0.3, 0.4) is 0 Å². The molecule has 0 fully saturated rings. The van der Waals surface area contributed by atoms with Gasteiger partial charge in [0, 0.05) is 30.8 Å². The average molecular weight is 259 g/mol. The van der Waals surface area contributed by atoms with E-state index in [2.05, 4.69) is 16.9 Å². The Kier molecular flexibility index (Phi) is 4.39. The van der Waals surface area contributed by atoms with Gasteiger partial charge in [-0.3, -0.25) is 0 Å². The Balaban J connectivity index is 2.14. The maximum absolute atomic E-state index is 5.72. The fourth-order valence-corrected chi connectivity index (χ4v) is 2.16. The van der Waals surface area contributed by atoms with Gasteiger partial charge in [-0.05, 0) is 18.9 Å². The van der Waals surface area contributed by atoms with Gasteiger partial charge in [-0.25, -0.2) is 9.98 Å². The minimum atomic E-state index is 0.783. The second-order valence-corrected chi connectivity index (χ2v) is 4.83. The molecule has 1 aromatic rings. The summed E-state index contributed by atoms with van der Waals surface area (Å²) in [4.78, 5) is 10.7. The van der Waals surface area contributed by atoms with Crippen molar-refractivity contribution in [3.63, 3.8) is 0 Å². The van der Waals surface area contributed by atoms with Crippen LogP contribution in [0, 0.1) is 0 Å². The quantitative estimate of drug-likeness (QED) is 0.881. The van der Waals surface area contributed by atoms with Crippen LogP contribution >= 0.6 is 0 Å². The van der Waals surface area contributed by atoms with Gasteiger partial charge in [-0.2, -0.15) is 0 Å². The van der Waals surface area contributed by atoms with E-state index >= 15 is 0 Å². The number of hydrogen-bond acceptors (Lipinski definition) is 4. The van der Waals surface area contributed by atoms with Crippen LogP contribution < -0.4 is 5.73 Å². The van der Waals surface area contributed by atoms with Gasteiger partial charge in [-0.15, -0.1) is 0 Å². The van der Waals surface area contributed by atoms with E-state index in [1.165, 1.54) is 5.57 Å². The minimum absolute atomic E-state index is 0.783. The zero-order chi connectivity index (χ0) is 13.7. The van der Waals surface area contributed by atoms with Crippen molar-refractivity contribution in [2.45, 2.75) is 33.2 Å². The van der Waals surface area contributed by atoms with Crippen LogP contribution in [0.15, 0.2) is 46.9 Å². The fourth-order valence-electron chi connectivity index (χ4n) is 2.16. The maximum Gasteiger partial charge on any atom is 0.0952 e. The van der Waals surface area contributed by atoms with Crippen LogP contribution in [0.2, 0.25) is 0 Å². The first-order chi connectivity index (χ1) is 9.19. The van der Waals surface area contributed by atoms with Crippen LogP contribution in [0.4, 0.5) is 0 Å². The molecule has 0 spiro atoms. The Morgan fingerprint density at radius 2 is 2.37 bits per heavy atom. The molecule has 0 amide bonds. The first-order valence-corrected chi connectivity index (χ1v) is 6.59.